The average molecular weight is 304 g/mol. The van der Waals surface area contributed by atoms with Crippen LogP contribution in [-0.2, 0) is 6.42 Å². The number of carbonyl (C=O) groups excluding carboxylic acids is 1. The van der Waals surface area contributed by atoms with Gasteiger partial charge in [0.05, 0.1) is 5.01 Å². The van der Waals surface area contributed by atoms with E-state index in [0.29, 0.717) is 24.1 Å². The van der Waals surface area contributed by atoms with Crippen LogP contribution in [0.25, 0.3) is 0 Å². The van der Waals surface area contributed by atoms with Crippen molar-refractivity contribution in [2.24, 2.45) is 17.6 Å². The molecule has 4 nitrogen and oxygen atoms in total. The number of hydrogen-bond acceptors (Lipinski definition) is 4. The van der Waals surface area contributed by atoms with Gasteiger partial charge in [0.25, 0.3) is 5.91 Å². The molecule has 1 aromatic heterocycles. The smallest absolute Gasteiger partial charge is 0.273 e. The van der Waals surface area contributed by atoms with Crippen molar-refractivity contribution >= 4 is 29.7 Å². The summed E-state index contributed by atoms with van der Waals surface area (Å²) in [6.07, 6.45) is 1.85. The molecule has 0 saturated carbocycles. The molecule has 0 radical (unpaired) electrons. The Kier molecular flexibility index (Phi) is 6.23. The molecule has 0 bridgehead atoms. The van der Waals surface area contributed by atoms with Crippen LogP contribution in [0.4, 0.5) is 0 Å². The maximum Gasteiger partial charge on any atom is 0.273 e. The van der Waals surface area contributed by atoms with E-state index >= 15 is 0 Å². The van der Waals surface area contributed by atoms with Crippen LogP contribution in [0.5, 0.6) is 0 Å². The first-order chi connectivity index (χ1) is 8.61. The number of thiazole rings is 1. The van der Waals surface area contributed by atoms with Gasteiger partial charge in [-0.2, -0.15) is 0 Å². The van der Waals surface area contributed by atoms with Gasteiger partial charge in [-0.15, -0.1) is 23.7 Å². The number of halogens is 1. The third kappa shape index (κ3) is 3.91. The molecule has 1 aliphatic rings. The van der Waals surface area contributed by atoms with Crippen LogP contribution in [0, 0.1) is 11.8 Å². The molecule has 1 aromatic rings. The molecule has 0 spiro atoms. The van der Waals surface area contributed by atoms with E-state index in [0.717, 1.165) is 30.9 Å². The maximum atomic E-state index is 12.3. The van der Waals surface area contributed by atoms with Crippen molar-refractivity contribution in [2.45, 2.75) is 26.7 Å². The summed E-state index contributed by atoms with van der Waals surface area (Å²) in [6, 6.07) is 0. The first-order valence-corrected chi connectivity index (χ1v) is 7.43. The minimum atomic E-state index is 0. The van der Waals surface area contributed by atoms with Crippen molar-refractivity contribution in [3.8, 4) is 0 Å². The van der Waals surface area contributed by atoms with Gasteiger partial charge in [-0.25, -0.2) is 4.98 Å². The van der Waals surface area contributed by atoms with E-state index in [9.17, 15) is 4.79 Å². The molecule has 0 aromatic carbocycles. The molecule has 0 aliphatic carbocycles. The van der Waals surface area contributed by atoms with Crippen molar-refractivity contribution in [1.82, 2.24) is 9.88 Å². The molecule has 2 N–H and O–H groups in total. The second-order valence-electron chi connectivity index (χ2n) is 5.16. The fourth-order valence-electron chi connectivity index (χ4n) is 2.26. The van der Waals surface area contributed by atoms with E-state index in [1.165, 1.54) is 11.3 Å². The Balaban J connectivity index is 0.00000180. The van der Waals surface area contributed by atoms with Crippen LogP contribution < -0.4 is 5.73 Å². The predicted octanol–water partition coefficient (Wildman–Crippen LogP) is 2.18. The van der Waals surface area contributed by atoms with Crippen LogP contribution in [0.1, 0.15) is 35.8 Å². The Labute approximate surface area is 124 Å². The Morgan fingerprint density at radius 3 is 2.89 bits per heavy atom. The first-order valence-electron chi connectivity index (χ1n) is 6.55. The van der Waals surface area contributed by atoms with Crippen molar-refractivity contribution in [1.29, 1.82) is 0 Å². The number of nitrogens with zero attached hydrogens (tertiary/aromatic N) is 2. The zero-order valence-corrected chi connectivity index (χ0v) is 13.1. The minimum Gasteiger partial charge on any atom is -0.337 e. The Morgan fingerprint density at radius 2 is 2.26 bits per heavy atom. The van der Waals surface area contributed by atoms with Gasteiger partial charge in [0.2, 0.25) is 0 Å². The van der Waals surface area contributed by atoms with E-state index in [1.54, 1.807) is 0 Å². The highest BCUT2D eigenvalue weighted by Gasteiger charge is 2.27. The zero-order chi connectivity index (χ0) is 13.1. The monoisotopic (exact) mass is 303 g/mol. The number of amides is 1. The van der Waals surface area contributed by atoms with Crippen molar-refractivity contribution in [3.63, 3.8) is 0 Å². The van der Waals surface area contributed by atoms with Gasteiger partial charge >= 0.3 is 0 Å². The number of hydrogen-bond donors (Lipinski definition) is 1. The average Bonchev–Trinajstić information content (AvgIpc) is 2.81. The first kappa shape index (κ1) is 16.4. The summed E-state index contributed by atoms with van der Waals surface area (Å²) in [5.41, 5.74) is 6.08. The molecular weight excluding hydrogens is 282 g/mol. The minimum absolute atomic E-state index is 0. The van der Waals surface area contributed by atoms with Gasteiger partial charge < -0.3 is 10.6 Å². The molecule has 1 fully saturated rings. The highest BCUT2D eigenvalue weighted by molar-refractivity contribution is 7.09. The third-order valence-electron chi connectivity index (χ3n) is 3.75. The summed E-state index contributed by atoms with van der Waals surface area (Å²) < 4.78 is 0. The van der Waals surface area contributed by atoms with Crippen LogP contribution in [0.2, 0.25) is 0 Å². The second-order valence-corrected chi connectivity index (χ2v) is 6.10. The Hall–Kier alpha value is -0.650. The van der Waals surface area contributed by atoms with Crippen molar-refractivity contribution < 1.29 is 4.79 Å². The van der Waals surface area contributed by atoms with E-state index in [4.69, 9.17) is 5.73 Å². The molecule has 1 saturated heterocycles. The highest BCUT2D eigenvalue weighted by Crippen LogP contribution is 2.24. The second kappa shape index (κ2) is 7.22. The van der Waals surface area contributed by atoms with E-state index in [-0.39, 0.29) is 18.3 Å². The number of aromatic nitrogens is 1. The number of likely N-dealkylation sites (tertiary alicyclic amines) is 1. The fourth-order valence-corrected chi connectivity index (χ4v) is 3.04. The maximum absolute atomic E-state index is 12.3. The summed E-state index contributed by atoms with van der Waals surface area (Å²) in [4.78, 5) is 18.6. The largest absolute Gasteiger partial charge is 0.337 e. The molecule has 1 amide bonds. The van der Waals surface area contributed by atoms with E-state index in [2.05, 4.69) is 18.8 Å². The summed E-state index contributed by atoms with van der Waals surface area (Å²) in [5.74, 6) is 1.36. The van der Waals surface area contributed by atoms with E-state index < -0.39 is 0 Å². The van der Waals surface area contributed by atoms with Crippen LogP contribution in [-0.4, -0.2) is 35.4 Å². The van der Waals surface area contributed by atoms with Crippen molar-refractivity contribution in [2.75, 3.05) is 19.6 Å². The number of carbonyl (C=O) groups is 1. The van der Waals surface area contributed by atoms with Gasteiger partial charge in [-0.05, 0) is 24.8 Å². The van der Waals surface area contributed by atoms with Crippen molar-refractivity contribution in [3.05, 3.63) is 16.1 Å². The number of piperidine rings is 1. The lowest BCUT2D eigenvalue weighted by Gasteiger charge is -2.34. The lowest BCUT2D eigenvalue weighted by Crippen LogP contribution is -2.42. The summed E-state index contributed by atoms with van der Waals surface area (Å²) in [7, 11) is 0. The topological polar surface area (TPSA) is 59.2 Å². The van der Waals surface area contributed by atoms with Gasteiger partial charge in [-0.3, -0.25) is 4.79 Å². The van der Waals surface area contributed by atoms with E-state index in [1.807, 2.05) is 10.3 Å². The van der Waals surface area contributed by atoms with Crippen LogP contribution in [0.3, 0.4) is 0 Å². The Bertz CT molecular complexity index is 424. The standard InChI is InChI=1S/C13H21N3OS.ClH/c1-9-4-6-16(7-10(9)2)13(17)11-8-18-12(15-11)3-5-14;/h8-10H,3-7,14H2,1-2H3;1H. The van der Waals surface area contributed by atoms with Gasteiger partial charge in [0.15, 0.2) is 0 Å². The Morgan fingerprint density at radius 1 is 1.53 bits per heavy atom. The predicted molar refractivity (Wildman–Crippen MR) is 81.0 cm³/mol. The molecule has 2 rings (SSSR count). The van der Waals surface area contributed by atoms with Crippen LogP contribution in [0.15, 0.2) is 5.38 Å². The molecule has 6 heteroatoms. The molecule has 2 atom stereocenters. The van der Waals surface area contributed by atoms with Gasteiger partial charge in [0.1, 0.15) is 5.69 Å². The van der Waals surface area contributed by atoms with Gasteiger partial charge in [-0.1, -0.05) is 13.8 Å². The molecule has 2 heterocycles. The van der Waals surface area contributed by atoms with Crippen LogP contribution >= 0.6 is 23.7 Å². The SMILES string of the molecule is CC1CCN(C(=O)c2csc(CCN)n2)CC1C.Cl. The normalized spacial score (nSPS) is 23.0. The highest BCUT2D eigenvalue weighted by atomic mass is 35.5. The molecular formula is C13H22ClN3OS. The van der Waals surface area contributed by atoms with Gasteiger partial charge in [0, 0.05) is 24.9 Å². The quantitative estimate of drug-likeness (QED) is 0.931. The summed E-state index contributed by atoms with van der Waals surface area (Å²) in [6.45, 7) is 6.76. The summed E-state index contributed by atoms with van der Waals surface area (Å²) in [5, 5.41) is 2.81. The number of nitrogens with two attached hydrogens (primary N) is 1. The molecule has 19 heavy (non-hydrogen) atoms. The molecule has 1 aliphatic heterocycles. The number of rotatable bonds is 3. The zero-order valence-electron chi connectivity index (χ0n) is 11.5. The summed E-state index contributed by atoms with van der Waals surface area (Å²) >= 11 is 1.53. The molecule has 108 valence electrons. The lowest BCUT2D eigenvalue weighted by molar-refractivity contribution is 0.0622. The lowest BCUT2D eigenvalue weighted by atomic mass is 9.88. The molecule has 2 unspecified atom stereocenters. The fraction of sp³-hybridized carbons (Fsp3) is 0.692. The third-order valence-corrected chi connectivity index (χ3v) is 4.66.